The number of carbonyl (C=O) groups excluding carboxylic acids is 2. The zero-order valence-electron chi connectivity index (χ0n) is 11.9. The lowest BCUT2D eigenvalue weighted by atomic mass is 10.2. The van der Waals surface area contributed by atoms with Crippen LogP contribution in [0.1, 0.15) is 6.42 Å². The molecule has 8 heteroatoms. The van der Waals surface area contributed by atoms with Crippen LogP contribution in [0.4, 0.5) is 11.4 Å². The fraction of sp³-hybridized carbons (Fsp3) is 0.429. The fourth-order valence-corrected chi connectivity index (χ4v) is 4.09. The van der Waals surface area contributed by atoms with Crippen molar-refractivity contribution in [2.75, 3.05) is 34.4 Å². The number of thioether (sulfide) groups is 2. The molecule has 3 rings (SSSR count). The summed E-state index contributed by atoms with van der Waals surface area (Å²) in [6.45, 7) is 0.963. The molecule has 120 valence electrons. The summed E-state index contributed by atoms with van der Waals surface area (Å²) in [7, 11) is 0. The van der Waals surface area contributed by atoms with E-state index in [1.54, 1.807) is 0 Å². The minimum atomic E-state index is -0.000549. The van der Waals surface area contributed by atoms with Crippen molar-refractivity contribution >= 4 is 59.1 Å². The average molecular weight is 360 g/mol. The van der Waals surface area contributed by atoms with Crippen molar-refractivity contribution in [3.8, 4) is 0 Å². The molecule has 0 saturated carbocycles. The Labute approximate surface area is 144 Å². The second-order valence-electron chi connectivity index (χ2n) is 5.03. The molecule has 0 bridgehead atoms. The van der Waals surface area contributed by atoms with E-state index < -0.39 is 0 Å². The maximum absolute atomic E-state index is 12.1. The zero-order valence-corrected chi connectivity index (χ0v) is 14.3. The third-order valence-corrected chi connectivity index (χ3v) is 5.53. The Hall–Kier alpha value is -0.890. The van der Waals surface area contributed by atoms with Gasteiger partial charge in [0.2, 0.25) is 11.8 Å². The molecule has 2 aliphatic rings. The molecule has 0 aliphatic carbocycles. The van der Waals surface area contributed by atoms with Crippen LogP contribution in [-0.2, 0) is 9.59 Å². The van der Waals surface area contributed by atoms with Gasteiger partial charge in [-0.1, -0.05) is 0 Å². The van der Waals surface area contributed by atoms with Crippen molar-refractivity contribution in [3.05, 3.63) is 18.2 Å². The predicted molar refractivity (Wildman–Crippen MR) is 95.4 cm³/mol. The quantitative estimate of drug-likeness (QED) is 0.771. The van der Waals surface area contributed by atoms with Crippen LogP contribution < -0.4 is 16.0 Å². The lowest BCUT2D eigenvalue weighted by Gasteiger charge is -2.22. The molecule has 2 aliphatic heterocycles. The summed E-state index contributed by atoms with van der Waals surface area (Å²) >= 11 is 3.39. The molecule has 5 nitrogen and oxygen atoms in total. The van der Waals surface area contributed by atoms with Crippen LogP contribution in [0.5, 0.6) is 0 Å². The summed E-state index contributed by atoms with van der Waals surface area (Å²) in [4.78, 5) is 24.5. The molecular formula is C14H18ClN3O2S2. The first-order valence-corrected chi connectivity index (χ1v) is 9.02. The summed E-state index contributed by atoms with van der Waals surface area (Å²) in [5.74, 6) is 2.54. The van der Waals surface area contributed by atoms with Crippen LogP contribution in [0.3, 0.4) is 0 Å². The lowest BCUT2D eigenvalue weighted by molar-refractivity contribution is -0.116. The Balaban J connectivity index is 0.00000176. The van der Waals surface area contributed by atoms with Crippen LogP contribution in [0.25, 0.3) is 0 Å². The summed E-state index contributed by atoms with van der Waals surface area (Å²) in [6.07, 6.45) is 0.477. The van der Waals surface area contributed by atoms with E-state index in [9.17, 15) is 9.59 Å². The van der Waals surface area contributed by atoms with Gasteiger partial charge in [-0.15, -0.1) is 24.2 Å². The molecule has 0 radical (unpaired) electrons. The fourth-order valence-electron chi connectivity index (χ4n) is 2.35. The van der Waals surface area contributed by atoms with Crippen molar-refractivity contribution in [1.29, 1.82) is 0 Å². The van der Waals surface area contributed by atoms with E-state index in [1.807, 2.05) is 30.0 Å². The van der Waals surface area contributed by atoms with Gasteiger partial charge in [-0.05, 0) is 18.2 Å². The molecule has 3 N–H and O–H groups in total. The molecule has 2 amide bonds. The average Bonchev–Trinajstić information content (AvgIpc) is 2.47. The lowest BCUT2D eigenvalue weighted by Crippen LogP contribution is -2.39. The van der Waals surface area contributed by atoms with Gasteiger partial charge < -0.3 is 16.0 Å². The summed E-state index contributed by atoms with van der Waals surface area (Å²) in [5.41, 5.74) is 1.51. The molecule has 1 aromatic carbocycles. The first kappa shape index (κ1) is 17.5. The van der Waals surface area contributed by atoms with E-state index in [0.717, 1.165) is 34.3 Å². The molecule has 1 saturated heterocycles. The van der Waals surface area contributed by atoms with Gasteiger partial charge in [0.1, 0.15) is 0 Å². The molecule has 1 unspecified atom stereocenters. The van der Waals surface area contributed by atoms with Gasteiger partial charge in [0, 0.05) is 41.1 Å². The maximum Gasteiger partial charge on any atom is 0.234 e. The number of fused-ring (bicyclic) bond motifs is 1. The molecular weight excluding hydrogens is 342 g/mol. The standard InChI is InChI=1S/C14H17N3O2S2.ClH/c18-13(6-10-7-20-4-3-15-10)16-9-1-2-12-11(5-9)17-14(19)8-21-12;/h1-2,5,10,15H,3-4,6-8H2,(H,16,18)(H,17,19);1H. The number of anilines is 2. The van der Waals surface area contributed by atoms with E-state index in [4.69, 9.17) is 0 Å². The van der Waals surface area contributed by atoms with E-state index in [1.165, 1.54) is 11.8 Å². The number of nitrogens with one attached hydrogen (secondary N) is 3. The van der Waals surface area contributed by atoms with Crippen LogP contribution in [-0.4, -0.2) is 41.7 Å². The number of hydrogen-bond donors (Lipinski definition) is 3. The summed E-state index contributed by atoms with van der Waals surface area (Å²) in [6, 6.07) is 5.88. The monoisotopic (exact) mass is 359 g/mol. The van der Waals surface area contributed by atoms with Crippen molar-refractivity contribution in [2.24, 2.45) is 0 Å². The Morgan fingerprint density at radius 3 is 3.05 bits per heavy atom. The summed E-state index contributed by atoms with van der Waals surface area (Å²) in [5, 5.41) is 9.08. The van der Waals surface area contributed by atoms with Gasteiger partial charge >= 0.3 is 0 Å². The Morgan fingerprint density at radius 2 is 2.27 bits per heavy atom. The SMILES string of the molecule is Cl.O=C(CC1CSCCN1)Nc1ccc2c(c1)NC(=O)CS2. The molecule has 1 fully saturated rings. The van der Waals surface area contributed by atoms with Crippen LogP contribution in [0.15, 0.2) is 23.1 Å². The smallest absolute Gasteiger partial charge is 0.234 e. The van der Waals surface area contributed by atoms with Gasteiger partial charge in [-0.25, -0.2) is 0 Å². The number of amides is 2. The first-order chi connectivity index (χ1) is 10.2. The van der Waals surface area contributed by atoms with Gasteiger partial charge in [0.15, 0.2) is 0 Å². The highest BCUT2D eigenvalue weighted by Crippen LogP contribution is 2.33. The first-order valence-electron chi connectivity index (χ1n) is 6.88. The van der Waals surface area contributed by atoms with Crippen LogP contribution in [0.2, 0.25) is 0 Å². The number of hydrogen-bond acceptors (Lipinski definition) is 5. The number of rotatable bonds is 3. The molecule has 0 spiro atoms. The highest BCUT2D eigenvalue weighted by molar-refractivity contribution is 8.00. The molecule has 2 heterocycles. The minimum Gasteiger partial charge on any atom is -0.326 e. The molecule has 1 atom stereocenters. The molecule has 22 heavy (non-hydrogen) atoms. The second kappa shape index (κ2) is 8.10. The Bertz CT molecular complexity index is 565. The van der Waals surface area contributed by atoms with E-state index in [2.05, 4.69) is 16.0 Å². The molecule has 0 aromatic heterocycles. The number of halogens is 1. The Morgan fingerprint density at radius 1 is 1.41 bits per heavy atom. The maximum atomic E-state index is 12.1. The normalized spacial score (nSPS) is 20.4. The topological polar surface area (TPSA) is 70.2 Å². The Kier molecular flexibility index (Phi) is 6.43. The molecule has 1 aromatic rings. The number of benzene rings is 1. The highest BCUT2D eigenvalue weighted by Gasteiger charge is 2.18. The second-order valence-corrected chi connectivity index (χ2v) is 7.19. The third kappa shape index (κ3) is 4.55. The largest absolute Gasteiger partial charge is 0.326 e. The highest BCUT2D eigenvalue weighted by atomic mass is 35.5. The number of carbonyl (C=O) groups is 2. The van der Waals surface area contributed by atoms with Gasteiger partial charge in [-0.2, -0.15) is 11.8 Å². The van der Waals surface area contributed by atoms with Gasteiger partial charge in [-0.3, -0.25) is 9.59 Å². The van der Waals surface area contributed by atoms with Crippen molar-refractivity contribution in [2.45, 2.75) is 17.4 Å². The van der Waals surface area contributed by atoms with E-state index >= 15 is 0 Å². The zero-order chi connectivity index (χ0) is 14.7. The van der Waals surface area contributed by atoms with Crippen LogP contribution >= 0.6 is 35.9 Å². The summed E-state index contributed by atoms with van der Waals surface area (Å²) < 4.78 is 0. The van der Waals surface area contributed by atoms with Crippen molar-refractivity contribution in [3.63, 3.8) is 0 Å². The minimum absolute atomic E-state index is 0. The van der Waals surface area contributed by atoms with E-state index in [0.29, 0.717) is 12.2 Å². The van der Waals surface area contributed by atoms with Gasteiger partial charge in [0.05, 0.1) is 11.4 Å². The van der Waals surface area contributed by atoms with E-state index in [-0.39, 0.29) is 30.3 Å². The van der Waals surface area contributed by atoms with Crippen molar-refractivity contribution < 1.29 is 9.59 Å². The predicted octanol–water partition coefficient (Wildman–Crippen LogP) is 2.19. The van der Waals surface area contributed by atoms with Gasteiger partial charge in [0.25, 0.3) is 0 Å². The van der Waals surface area contributed by atoms with Crippen molar-refractivity contribution in [1.82, 2.24) is 5.32 Å². The van der Waals surface area contributed by atoms with Crippen LogP contribution in [0, 0.1) is 0 Å². The third-order valence-electron chi connectivity index (χ3n) is 3.33.